The van der Waals surface area contributed by atoms with E-state index in [-0.39, 0.29) is 0 Å². The minimum atomic E-state index is 0.577. The molecule has 2 rings (SSSR count). The number of imidazole rings is 1. The largest absolute Gasteiger partial charge is 0.330 e. The van der Waals surface area contributed by atoms with Crippen LogP contribution in [0.2, 0.25) is 5.02 Å². The van der Waals surface area contributed by atoms with Crippen LogP contribution in [-0.2, 0) is 5.75 Å². The van der Waals surface area contributed by atoms with Crippen LogP contribution in [0.15, 0.2) is 24.5 Å². The Kier molecular flexibility index (Phi) is 4.31. The van der Waals surface area contributed by atoms with Gasteiger partial charge in [-0.15, -0.1) is 0 Å². The highest BCUT2D eigenvalue weighted by atomic mass is 35.5. The third kappa shape index (κ3) is 3.37. The van der Waals surface area contributed by atoms with Crippen molar-refractivity contribution >= 4 is 29.0 Å². The Labute approximate surface area is 110 Å². The molecule has 17 heavy (non-hydrogen) atoms. The molecular weight excluding hydrogens is 254 g/mol. The van der Waals surface area contributed by atoms with Crippen LogP contribution < -0.4 is 5.73 Å². The van der Waals surface area contributed by atoms with Gasteiger partial charge in [0.1, 0.15) is 5.65 Å². The molecule has 92 valence electrons. The lowest BCUT2D eigenvalue weighted by Crippen LogP contribution is -2.07. The van der Waals surface area contributed by atoms with Crippen LogP contribution in [0.1, 0.15) is 19.0 Å². The van der Waals surface area contributed by atoms with E-state index in [1.165, 1.54) is 0 Å². The standard InChI is InChI=1S/C12H16ClN3S/c1-9(4-5-14)17-8-11-7-16-6-10(13)2-3-12(16)15-11/h2-3,6-7,9H,4-5,8,14H2,1H3. The summed E-state index contributed by atoms with van der Waals surface area (Å²) in [5.74, 6) is 0.917. The minimum absolute atomic E-state index is 0.577. The van der Waals surface area contributed by atoms with Gasteiger partial charge in [0.15, 0.2) is 0 Å². The molecule has 3 nitrogen and oxygen atoms in total. The number of nitrogens with zero attached hydrogens (tertiary/aromatic N) is 2. The van der Waals surface area contributed by atoms with Gasteiger partial charge in [-0.25, -0.2) is 4.98 Å². The number of hydrogen-bond acceptors (Lipinski definition) is 3. The summed E-state index contributed by atoms with van der Waals surface area (Å²) < 4.78 is 1.96. The summed E-state index contributed by atoms with van der Waals surface area (Å²) in [6.07, 6.45) is 4.95. The van der Waals surface area contributed by atoms with Crippen LogP contribution in [0.4, 0.5) is 0 Å². The van der Waals surface area contributed by atoms with E-state index in [1.807, 2.05) is 40.7 Å². The van der Waals surface area contributed by atoms with E-state index in [0.29, 0.717) is 5.25 Å². The third-order valence-electron chi connectivity index (χ3n) is 2.55. The molecule has 0 saturated heterocycles. The summed E-state index contributed by atoms with van der Waals surface area (Å²) in [7, 11) is 0. The second-order valence-electron chi connectivity index (χ2n) is 4.04. The molecule has 0 fully saturated rings. The molecule has 0 bridgehead atoms. The minimum Gasteiger partial charge on any atom is -0.330 e. The van der Waals surface area contributed by atoms with E-state index in [2.05, 4.69) is 11.9 Å². The van der Waals surface area contributed by atoms with Gasteiger partial charge in [-0.05, 0) is 25.1 Å². The summed E-state index contributed by atoms with van der Waals surface area (Å²) in [5, 5.41) is 1.30. The number of aromatic nitrogens is 2. The number of rotatable bonds is 5. The molecule has 1 unspecified atom stereocenters. The molecule has 0 radical (unpaired) electrons. The second kappa shape index (κ2) is 5.76. The molecule has 2 heterocycles. The maximum Gasteiger partial charge on any atom is 0.137 e. The topological polar surface area (TPSA) is 43.3 Å². The normalized spacial score (nSPS) is 13.1. The molecule has 0 spiro atoms. The zero-order valence-corrected chi connectivity index (χ0v) is 11.3. The van der Waals surface area contributed by atoms with Gasteiger partial charge in [0.2, 0.25) is 0 Å². The lowest BCUT2D eigenvalue weighted by atomic mass is 10.3. The predicted octanol–water partition coefficient (Wildman–Crippen LogP) is 2.96. The van der Waals surface area contributed by atoms with Gasteiger partial charge >= 0.3 is 0 Å². The van der Waals surface area contributed by atoms with E-state index < -0.39 is 0 Å². The lowest BCUT2D eigenvalue weighted by Gasteiger charge is -2.07. The summed E-state index contributed by atoms with van der Waals surface area (Å²) in [6.45, 7) is 2.94. The van der Waals surface area contributed by atoms with Gasteiger partial charge in [0.25, 0.3) is 0 Å². The second-order valence-corrected chi connectivity index (χ2v) is 5.91. The molecule has 0 aliphatic carbocycles. The van der Waals surface area contributed by atoms with Gasteiger partial charge in [0, 0.05) is 23.4 Å². The van der Waals surface area contributed by atoms with Crippen molar-refractivity contribution in [1.29, 1.82) is 0 Å². The first-order chi connectivity index (χ1) is 8.19. The van der Waals surface area contributed by atoms with Crippen molar-refractivity contribution in [2.45, 2.75) is 24.3 Å². The Hall–Kier alpha value is -0.710. The molecule has 2 aromatic heterocycles. The van der Waals surface area contributed by atoms with Crippen LogP contribution in [0, 0.1) is 0 Å². The Morgan fingerprint density at radius 1 is 1.47 bits per heavy atom. The molecule has 5 heteroatoms. The SMILES string of the molecule is CC(CCN)SCc1cn2cc(Cl)ccc2n1. The zero-order chi connectivity index (χ0) is 12.3. The van der Waals surface area contributed by atoms with E-state index in [1.54, 1.807) is 0 Å². The molecule has 0 aliphatic rings. The fourth-order valence-electron chi connectivity index (χ4n) is 1.63. The highest BCUT2D eigenvalue weighted by Crippen LogP contribution is 2.20. The average molecular weight is 270 g/mol. The molecule has 2 aromatic rings. The monoisotopic (exact) mass is 269 g/mol. The highest BCUT2D eigenvalue weighted by molar-refractivity contribution is 7.99. The summed E-state index contributed by atoms with van der Waals surface area (Å²) in [4.78, 5) is 4.54. The van der Waals surface area contributed by atoms with Gasteiger partial charge < -0.3 is 10.1 Å². The van der Waals surface area contributed by atoms with E-state index >= 15 is 0 Å². The zero-order valence-electron chi connectivity index (χ0n) is 9.77. The van der Waals surface area contributed by atoms with E-state index in [4.69, 9.17) is 17.3 Å². The van der Waals surface area contributed by atoms with Gasteiger partial charge in [-0.2, -0.15) is 11.8 Å². The van der Waals surface area contributed by atoms with Gasteiger partial charge in [0.05, 0.1) is 10.7 Å². The number of thioether (sulfide) groups is 1. The fourth-order valence-corrected chi connectivity index (χ4v) is 2.70. The van der Waals surface area contributed by atoms with Gasteiger partial charge in [-0.3, -0.25) is 0 Å². The smallest absolute Gasteiger partial charge is 0.137 e. The van der Waals surface area contributed by atoms with Crippen molar-refractivity contribution in [3.63, 3.8) is 0 Å². The number of halogens is 1. The summed E-state index contributed by atoms with van der Waals surface area (Å²) in [6, 6.07) is 3.79. The van der Waals surface area contributed by atoms with E-state index in [9.17, 15) is 0 Å². The van der Waals surface area contributed by atoms with Crippen molar-refractivity contribution in [3.8, 4) is 0 Å². The third-order valence-corrected chi connectivity index (χ3v) is 4.04. The number of pyridine rings is 1. The molecule has 2 N–H and O–H groups in total. The molecule has 0 saturated carbocycles. The highest BCUT2D eigenvalue weighted by Gasteiger charge is 2.05. The Balaban J connectivity index is 2.04. The van der Waals surface area contributed by atoms with E-state index in [0.717, 1.165) is 35.1 Å². The molecule has 0 aromatic carbocycles. The van der Waals surface area contributed by atoms with Crippen LogP contribution in [0.3, 0.4) is 0 Å². The first-order valence-electron chi connectivity index (χ1n) is 5.64. The average Bonchev–Trinajstić information content (AvgIpc) is 2.68. The summed E-state index contributed by atoms with van der Waals surface area (Å²) >= 11 is 7.81. The van der Waals surface area contributed by atoms with Crippen molar-refractivity contribution in [2.24, 2.45) is 5.73 Å². The summed E-state index contributed by atoms with van der Waals surface area (Å²) in [5.41, 5.74) is 7.55. The van der Waals surface area contributed by atoms with Crippen molar-refractivity contribution in [1.82, 2.24) is 9.38 Å². The van der Waals surface area contributed by atoms with Crippen molar-refractivity contribution in [2.75, 3.05) is 6.54 Å². The van der Waals surface area contributed by atoms with Crippen molar-refractivity contribution < 1.29 is 0 Å². The first-order valence-corrected chi connectivity index (χ1v) is 7.06. The molecule has 1 atom stereocenters. The van der Waals surface area contributed by atoms with Crippen LogP contribution >= 0.6 is 23.4 Å². The quantitative estimate of drug-likeness (QED) is 0.908. The Morgan fingerprint density at radius 3 is 3.06 bits per heavy atom. The lowest BCUT2D eigenvalue weighted by molar-refractivity contribution is 0.822. The number of nitrogens with two attached hydrogens (primary N) is 1. The Morgan fingerprint density at radius 2 is 2.29 bits per heavy atom. The van der Waals surface area contributed by atoms with Gasteiger partial charge in [-0.1, -0.05) is 18.5 Å². The maximum atomic E-state index is 5.93. The molecule has 0 aliphatic heterocycles. The van der Waals surface area contributed by atoms with Crippen molar-refractivity contribution in [3.05, 3.63) is 35.2 Å². The Bertz CT molecular complexity index is 497. The molecule has 0 amide bonds. The predicted molar refractivity (Wildman–Crippen MR) is 74.6 cm³/mol. The molecular formula is C12H16ClN3S. The van der Waals surface area contributed by atoms with Crippen LogP contribution in [-0.4, -0.2) is 21.2 Å². The first kappa shape index (κ1) is 12.7. The number of fused-ring (bicyclic) bond motifs is 1. The van der Waals surface area contributed by atoms with Crippen LogP contribution in [0.5, 0.6) is 0 Å². The maximum absolute atomic E-state index is 5.93. The fraction of sp³-hybridized carbons (Fsp3) is 0.417. The number of hydrogen-bond donors (Lipinski definition) is 1. The van der Waals surface area contributed by atoms with Crippen LogP contribution in [0.25, 0.3) is 5.65 Å².